The quantitative estimate of drug-likeness (QED) is 0.588. The molecule has 0 fully saturated rings. The Balaban J connectivity index is 1.77. The zero-order chi connectivity index (χ0) is 22.8. The van der Waals surface area contributed by atoms with Crippen LogP contribution in [0.15, 0.2) is 78.5 Å². The van der Waals surface area contributed by atoms with Crippen molar-refractivity contribution in [3.8, 4) is 0 Å². The Morgan fingerprint density at radius 2 is 1.28 bits per heavy atom. The van der Waals surface area contributed by atoms with E-state index >= 15 is 0 Å². The van der Waals surface area contributed by atoms with Crippen LogP contribution < -0.4 is 15.5 Å². The summed E-state index contributed by atoms with van der Waals surface area (Å²) in [4.78, 5) is 38.7. The number of rotatable bonds is 5. The fraction of sp³-hybridized carbons (Fsp3) is 0.0417. The van der Waals surface area contributed by atoms with Crippen LogP contribution in [0, 0.1) is 11.6 Å². The normalized spacial score (nSPS) is 13.5. The Labute approximate surface area is 182 Å². The van der Waals surface area contributed by atoms with Crippen molar-refractivity contribution >= 4 is 40.4 Å². The highest BCUT2D eigenvalue weighted by Crippen LogP contribution is 2.34. The molecule has 4 rings (SSSR count). The standard InChI is InChI=1S/C24H17F2N3O3/c1-14(30)27-18-8-2-15(3-9-18)21-22(28-19-10-4-16(25)5-11-19)24(32)29(23(21)31)20-12-6-17(26)7-13-20/h2-13,28H,1H3,(H,27,30). The topological polar surface area (TPSA) is 78.5 Å². The number of hydrogen-bond donors (Lipinski definition) is 2. The third kappa shape index (κ3) is 4.11. The highest BCUT2D eigenvalue weighted by atomic mass is 19.1. The van der Waals surface area contributed by atoms with E-state index in [0.29, 0.717) is 16.9 Å². The third-order valence-electron chi connectivity index (χ3n) is 4.78. The van der Waals surface area contributed by atoms with E-state index in [-0.39, 0.29) is 22.9 Å². The monoisotopic (exact) mass is 433 g/mol. The minimum absolute atomic E-state index is 0.00166. The summed E-state index contributed by atoms with van der Waals surface area (Å²) in [5, 5.41) is 5.55. The van der Waals surface area contributed by atoms with E-state index in [2.05, 4.69) is 10.6 Å². The first-order chi connectivity index (χ1) is 15.3. The van der Waals surface area contributed by atoms with Gasteiger partial charge in [-0.3, -0.25) is 14.4 Å². The van der Waals surface area contributed by atoms with Crippen molar-refractivity contribution in [1.82, 2.24) is 0 Å². The molecule has 0 atom stereocenters. The van der Waals surface area contributed by atoms with Gasteiger partial charge in [0.25, 0.3) is 11.8 Å². The third-order valence-corrected chi connectivity index (χ3v) is 4.78. The number of anilines is 3. The van der Waals surface area contributed by atoms with Gasteiger partial charge in [0, 0.05) is 18.3 Å². The Morgan fingerprint density at radius 3 is 1.84 bits per heavy atom. The fourth-order valence-corrected chi connectivity index (χ4v) is 3.34. The number of carbonyl (C=O) groups excluding carboxylic acids is 3. The van der Waals surface area contributed by atoms with Gasteiger partial charge in [-0.2, -0.15) is 0 Å². The predicted molar refractivity (Wildman–Crippen MR) is 117 cm³/mol. The van der Waals surface area contributed by atoms with Crippen LogP contribution in [0.1, 0.15) is 12.5 Å². The van der Waals surface area contributed by atoms with Gasteiger partial charge < -0.3 is 10.6 Å². The molecule has 0 aliphatic carbocycles. The summed E-state index contributed by atoms with van der Waals surface area (Å²) < 4.78 is 26.7. The SMILES string of the molecule is CC(=O)Nc1ccc(C2=C(Nc3ccc(F)cc3)C(=O)N(c3ccc(F)cc3)C2=O)cc1. The summed E-state index contributed by atoms with van der Waals surface area (Å²) in [6.45, 7) is 1.38. The summed E-state index contributed by atoms with van der Waals surface area (Å²) in [6, 6.07) is 16.7. The van der Waals surface area contributed by atoms with Crippen molar-refractivity contribution in [2.45, 2.75) is 6.92 Å². The lowest BCUT2D eigenvalue weighted by atomic mass is 10.0. The first-order valence-corrected chi connectivity index (χ1v) is 9.63. The van der Waals surface area contributed by atoms with Gasteiger partial charge in [0.1, 0.15) is 17.3 Å². The molecule has 0 spiro atoms. The van der Waals surface area contributed by atoms with Crippen molar-refractivity contribution in [2.75, 3.05) is 15.5 Å². The van der Waals surface area contributed by atoms with Gasteiger partial charge in [-0.1, -0.05) is 12.1 Å². The predicted octanol–water partition coefficient (Wildman–Crippen LogP) is 4.32. The second-order valence-electron chi connectivity index (χ2n) is 7.06. The van der Waals surface area contributed by atoms with E-state index in [4.69, 9.17) is 0 Å². The molecular weight excluding hydrogens is 416 g/mol. The van der Waals surface area contributed by atoms with Gasteiger partial charge in [0.15, 0.2) is 0 Å². The number of carbonyl (C=O) groups is 3. The minimum Gasteiger partial charge on any atom is -0.350 e. The van der Waals surface area contributed by atoms with Gasteiger partial charge >= 0.3 is 0 Å². The molecule has 0 aromatic heterocycles. The van der Waals surface area contributed by atoms with Crippen molar-refractivity contribution in [3.63, 3.8) is 0 Å². The number of nitrogens with zero attached hydrogens (tertiary/aromatic N) is 1. The van der Waals surface area contributed by atoms with Gasteiger partial charge in [-0.25, -0.2) is 13.7 Å². The summed E-state index contributed by atoms with van der Waals surface area (Å²) in [7, 11) is 0. The maximum atomic E-state index is 13.4. The van der Waals surface area contributed by atoms with E-state index < -0.39 is 23.4 Å². The molecule has 0 saturated heterocycles. The molecule has 1 aliphatic rings. The van der Waals surface area contributed by atoms with Crippen LogP contribution in [0.5, 0.6) is 0 Å². The summed E-state index contributed by atoms with van der Waals surface area (Å²) >= 11 is 0. The summed E-state index contributed by atoms with van der Waals surface area (Å²) in [5.41, 5.74) is 1.69. The molecule has 0 saturated carbocycles. The zero-order valence-corrected chi connectivity index (χ0v) is 16.9. The second kappa shape index (κ2) is 8.43. The van der Waals surface area contributed by atoms with Crippen LogP contribution in [0.25, 0.3) is 5.57 Å². The molecule has 6 nitrogen and oxygen atoms in total. The summed E-state index contributed by atoms with van der Waals surface area (Å²) in [6.07, 6.45) is 0. The number of benzene rings is 3. The van der Waals surface area contributed by atoms with Gasteiger partial charge in [-0.15, -0.1) is 0 Å². The first kappa shape index (κ1) is 20.9. The Morgan fingerprint density at radius 1 is 0.750 bits per heavy atom. The van der Waals surface area contributed by atoms with Gasteiger partial charge in [-0.05, 0) is 66.2 Å². The molecule has 3 aromatic rings. The molecular formula is C24H17F2N3O3. The molecule has 1 aliphatic heterocycles. The molecule has 0 bridgehead atoms. The van der Waals surface area contributed by atoms with Crippen LogP contribution in [0.4, 0.5) is 25.8 Å². The Bertz CT molecular complexity index is 1230. The smallest absolute Gasteiger partial charge is 0.282 e. The number of nitrogens with one attached hydrogen (secondary N) is 2. The Hall–Kier alpha value is -4.33. The average molecular weight is 433 g/mol. The highest BCUT2D eigenvalue weighted by molar-refractivity contribution is 6.46. The van der Waals surface area contributed by atoms with E-state index in [1.165, 1.54) is 43.3 Å². The molecule has 160 valence electrons. The molecule has 3 aromatic carbocycles. The molecule has 32 heavy (non-hydrogen) atoms. The van der Waals surface area contributed by atoms with E-state index in [1.807, 2.05) is 0 Å². The molecule has 2 N–H and O–H groups in total. The van der Waals surface area contributed by atoms with Gasteiger partial charge in [0.05, 0.1) is 11.3 Å². The molecule has 1 heterocycles. The van der Waals surface area contributed by atoms with E-state index in [1.54, 1.807) is 24.3 Å². The lowest BCUT2D eigenvalue weighted by Crippen LogP contribution is -2.32. The van der Waals surface area contributed by atoms with E-state index in [9.17, 15) is 23.2 Å². The number of halogens is 2. The Kier molecular flexibility index (Phi) is 5.51. The number of amides is 3. The van der Waals surface area contributed by atoms with Crippen LogP contribution in [-0.4, -0.2) is 17.7 Å². The highest BCUT2D eigenvalue weighted by Gasteiger charge is 2.40. The zero-order valence-electron chi connectivity index (χ0n) is 16.9. The van der Waals surface area contributed by atoms with Crippen molar-refractivity contribution in [1.29, 1.82) is 0 Å². The fourth-order valence-electron chi connectivity index (χ4n) is 3.34. The second-order valence-corrected chi connectivity index (χ2v) is 7.06. The first-order valence-electron chi connectivity index (χ1n) is 9.63. The van der Waals surface area contributed by atoms with Crippen LogP contribution in [0.2, 0.25) is 0 Å². The van der Waals surface area contributed by atoms with Crippen LogP contribution in [-0.2, 0) is 14.4 Å². The van der Waals surface area contributed by atoms with Crippen molar-refractivity contribution in [2.24, 2.45) is 0 Å². The molecule has 3 amide bonds. The van der Waals surface area contributed by atoms with Gasteiger partial charge in [0.2, 0.25) is 5.91 Å². The van der Waals surface area contributed by atoms with Crippen molar-refractivity contribution in [3.05, 3.63) is 95.7 Å². The molecule has 0 unspecified atom stereocenters. The maximum absolute atomic E-state index is 13.4. The summed E-state index contributed by atoms with van der Waals surface area (Å²) in [5.74, 6) is -2.42. The van der Waals surface area contributed by atoms with Crippen LogP contribution >= 0.6 is 0 Å². The van der Waals surface area contributed by atoms with Crippen LogP contribution in [0.3, 0.4) is 0 Å². The molecule has 0 radical (unpaired) electrons. The van der Waals surface area contributed by atoms with E-state index in [0.717, 1.165) is 17.0 Å². The average Bonchev–Trinajstić information content (AvgIpc) is 3.00. The van der Waals surface area contributed by atoms with Crippen molar-refractivity contribution < 1.29 is 23.2 Å². The maximum Gasteiger partial charge on any atom is 0.282 e. The lowest BCUT2D eigenvalue weighted by molar-refractivity contribution is -0.120. The lowest BCUT2D eigenvalue weighted by Gasteiger charge is -2.15. The molecule has 8 heteroatoms. The number of imide groups is 1. The minimum atomic E-state index is -0.633. The largest absolute Gasteiger partial charge is 0.350 e. The number of hydrogen-bond acceptors (Lipinski definition) is 4.